The lowest BCUT2D eigenvalue weighted by atomic mass is 10.1. The van der Waals surface area contributed by atoms with Crippen molar-refractivity contribution in [3.8, 4) is 10.4 Å². The minimum absolute atomic E-state index is 0.274. The van der Waals surface area contributed by atoms with Crippen LogP contribution >= 0.6 is 22.7 Å². The fourth-order valence-electron chi connectivity index (χ4n) is 2.52. The molecule has 2 aromatic carbocycles. The first-order chi connectivity index (χ1) is 10.7. The molecule has 0 aliphatic heterocycles. The monoisotopic (exact) mass is 324 g/mol. The van der Waals surface area contributed by atoms with Gasteiger partial charge in [0.15, 0.2) is 0 Å². The second-order valence-electron chi connectivity index (χ2n) is 5.00. The summed E-state index contributed by atoms with van der Waals surface area (Å²) in [7, 11) is 1.41. The summed E-state index contributed by atoms with van der Waals surface area (Å²) in [5.74, 6) is -0.274. The van der Waals surface area contributed by atoms with Gasteiger partial charge in [-0.05, 0) is 46.7 Å². The summed E-state index contributed by atoms with van der Waals surface area (Å²) in [4.78, 5) is 13.5. The molecule has 0 N–H and O–H groups in total. The summed E-state index contributed by atoms with van der Waals surface area (Å²) in [5, 5.41) is 2.35. The van der Waals surface area contributed by atoms with Gasteiger partial charge in [0.25, 0.3) is 0 Å². The third-order valence-corrected chi connectivity index (χ3v) is 5.87. The number of esters is 1. The van der Waals surface area contributed by atoms with Crippen molar-refractivity contribution < 1.29 is 9.53 Å². The zero-order valence-corrected chi connectivity index (χ0v) is 13.5. The summed E-state index contributed by atoms with van der Waals surface area (Å²) in [6, 6.07) is 18.9. The average molecular weight is 324 g/mol. The van der Waals surface area contributed by atoms with Crippen LogP contribution in [0.15, 0.2) is 54.6 Å². The molecule has 2 heterocycles. The van der Waals surface area contributed by atoms with Gasteiger partial charge < -0.3 is 4.74 Å². The third-order valence-electron chi connectivity index (χ3n) is 3.61. The Kier molecular flexibility index (Phi) is 3.21. The van der Waals surface area contributed by atoms with Gasteiger partial charge in [-0.15, -0.1) is 22.7 Å². The van der Waals surface area contributed by atoms with Gasteiger partial charge in [-0.25, -0.2) is 4.79 Å². The molecule has 0 saturated heterocycles. The maximum absolute atomic E-state index is 11.6. The second-order valence-corrected chi connectivity index (χ2v) is 7.17. The Hall–Kier alpha value is -2.17. The number of hydrogen-bond acceptors (Lipinski definition) is 4. The molecule has 22 heavy (non-hydrogen) atoms. The van der Waals surface area contributed by atoms with Crippen LogP contribution in [0.1, 0.15) is 9.67 Å². The van der Waals surface area contributed by atoms with E-state index in [1.54, 1.807) is 11.3 Å². The van der Waals surface area contributed by atoms with Gasteiger partial charge in [-0.3, -0.25) is 0 Å². The molecule has 4 heteroatoms. The van der Waals surface area contributed by atoms with Crippen LogP contribution in [-0.4, -0.2) is 13.1 Å². The lowest BCUT2D eigenvalue weighted by Crippen LogP contribution is -1.96. The van der Waals surface area contributed by atoms with E-state index >= 15 is 0 Å². The van der Waals surface area contributed by atoms with Crippen molar-refractivity contribution in [2.24, 2.45) is 0 Å². The predicted molar refractivity (Wildman–Crippen MR) is 94.0 cm³/mol. The largest absolute Gasteiger partial charge is 0.465 e. The Morgan fingerprint density at radius 2 is 1.73 bits per heavy atom. The highest BCUT2D eigenvalue weighted by Crippen LogP contribution is 2.36. The van der Waals surface area contributed by atoms with Crippen molar-refractivity contribution >= 4 is 48.8 Å². The highest BCUT2D eigenvalue weighted by Gasteiger charge is 2.11. The number of benzene rings is 2. The smallest absolute Gasteiger partial charge is 0.348 e. The molecule has 0 saturated carbocycles. The number of rotatable bonds is 2. The van der Waals surface area contributed by atoms with Crippen molar-refractivity contribution in [2.45, 2.75) is 0 Å². The van der Waals surface area contributed by atoms with Crippen molar-refractivity contribution in [3.63, 3.8) is 0 Å². The molecule has 0 fully saturated rings. The average Bonchev–Trinajstić information content (AvgIpc) is 3.16. The van der Waals surface area contributed by atoms with Crippen LogP contribution in [0.25, 0.3) is 30.6 Å². The Morgan fingerprint density at radius 1 is 0.909 bits per heavy atom. The summed E-state index contributed by atoms with van der Waals surface area (Å²) in [6.45, 7) is 0. The lowest BCUT2D eigenvalue weighted by Gasteiger charge is -1.97. The van der Waals surface area contributed by atoms with Gasteiger partial charge in [0, 0.05) is 14.3 Å². The van der Waals surface area contributed by atoms with Crippen molar-refractivity contribution in [3.05, 3.63) is 59.5 Å². The van der Waals surface area contributed by atoms with Gasteiger partial charge in [0.05, 0.1) is 7.11 Å². The first kappa shape index (κ1) is 13.5. The third kappa shape index (κ3) is 2.21. The number of carbonyl (C=O) groups is 1. The minimum atomic E-state index is -0.274. The zero-order valence-electron chi connectivity index (χ0n) is 11.8. The fraction of sp³-hybridized carbons (Fsp3) is 0.0556. The summed E-state index contributed by atoms with van der Waals surface area (Å²) >= 11 is 3.26. The molecule has 108 valence electrons. The van der Waals surface area contributed by atoms with E-state index < -0.39 is 0 Å². The van der Waals surface area contributed by atoms with Crippen LogP contribution in [0.3, 0.4) is 0 Å². The van der Waals surface area contributed by atoms with Crippen LogP contribution < -0.4 is 0 Å². The van der Waals surface area contributed by atoms with Crippen molar-refractivity contribution in [1.29, 1.82) is 0 Å². The molecular formula is C18H12O2S2. The van der Waals surface area contributed by atoms with Crippen LogP contribution in [0, 0.1) is 0 Å². The summed E-state index contributed by atoms with van der Waals surface area (Å²) in [5.41, 5.74) is 1.18. The van der Waals surface area contributed by atoms with Crippen molar-refractivity contribution in [1.82, 2.24) is 0 Å². The number of methoxy groups -OCH3 is 1. The van der Waals surface area contributed by atoms with Gasteiger partial charge in [0.2, 0.25) is 0 Å². The molecule has 0 aliphatic rings. The number of fused-ring (bicyclic) bond motifs is 2. The molecule has 0 unspecified atom stereocenters. The molecule has 0 radical (unpaired) electrons. The number of ether oxygens (including phenoxy) is 1. The highest BCUT2D eigenvalue weighted by molar-refractivity contribution is 7.22. The van der Waals surface area contributed by atoms with E-state index in [-0.39, 0.29) is 5.97 Å². The molecule has 0 spiro atoms. The van der Waals surface area contributed by atoms with E-state index in [4.69, 9.17) is 4.74 Å². The SMILES string of the molecule is COC(=O)c1cc2cc(-c3cc4ccccc4s3)ccc2s1. The van der Waals surface area contributed by atoms with E-state index in [2.05, 4.69) is 48.5 Å². The molecule has 2 aromatic heterocycles. The van der Waals surface area contributed by atoms with Gasteiger partial charge in [0.1, 0.15) is 4.88 Å². The maximum atomic E-state index is 11.6. The minimum Gasteiger partial charge on any atom is -0.465 e. The first-order valence-corrected chi connectivity index (χ1v) is 8.49. The normalized spacial score (nSPS) is 11.1. The number of carbonyl (C=O) groups excluding carboxylic acids is 1. The maximum Gasteiger partial charge on any atom is 0.348 e. The predicted octanol–water partition coefficient (Wildman–Crippen LogP) is 5.57. The van der Waals surface area contributed by atoms with Gasteiger partial charge >= 0.3 is 5.97 Å². The lowest BCUT2D eigenvalue weighted by molar-refractivity contribution is 0.0606. The number of thiophene rings is 2. The summed E-state index contributed by atoms with van der Waals surface area (Å²) in [6.07, 6.45) is 0. The Bertz CT molecular complexity index is 962. The fourth-order valence-corrected chi connectivity index (χ4v) is 4.54. The van der Waals surface area contributed by atoms with Gasteiger partial charge in [-0.2, -0.15) is 0 Å². The molecule has 4 rings (SSSR count). The Morgan fingerprint density at radius 3 is 2.55 bits per heavy atom. The molecule has 0 bridgehead atoms. The molecule has 0 aliphatic carbocycles. The van der Waals surface area contributed by atoms with Crippen LogP contribution in [-0.2, 0) is 4.74 Å². The standard InChI is InChI=1S/C18H12O2S2/c1-20-18(19)17-10-13-8-12(6-7-15(13)22-17)16-9-11-4-2-3-5-14(11)21-16/h2-10H,1H3. The first-order valence-electron chi connectivity index (χ1n) is 6.85. The van der Waals surface area contributed by atoms with E-state index in [1.807, 2.05) is 6.07 Å². The van der Waals surface area contributed by atoms with Crippen LogP contribution in [0.4, 0.5) is 0 Å². The van der Waals surface area contributed by atoms with Crippen molar-refractivity contribution in [2.75, 3.05) is 7.11 Å². The quantitative estimate of drug-likeness (QED) is 0.451. The zero-order chi connectivity index (χ0) is 15.1. The topological polar surface area (TPSA) is 26.3 Å². The Labute approximate surface area is 135 Å². The van der Waals surface area contributed by atoms with Crippen LogP contribution in [0.5, 0.6) is 0 Å². The van der Waals surface area contributed by atoms with E-state index in [0.717, 1.165) is 10.1 Å². The van der Waals surface area contributed by atoms with E-state index in [9.17, 15) is 4.79 Å². The van der Waals surface area contributed by atoms with E-state index in [0.29, 0.717) is 4.88 Å². The molecule has 4 aromatic rings. The molecule has 0 atom stereocenters. The van der Waals surface area contributed by atoms with Crippen LogP contribution in [0.2, 0.25) is 0 Å². The molecular weight excluding hydrogens is 312 g/mol. The van der Waals surface area contributed by atoms with Gasteiger partial charge in [-0.1, -0.05) is 24.3 Å². The highest BCUT2D eigenvalue weighted by atomic mass is 32.1. The Balaban J connectivity index is 1.83. The van der Waals surface area contributed by atoms with E-state index in [1.165, 1.54) is 39.0 Å². The number of hydrogen-bond donors (Lipinski definition) is 0. The molecule has 0 amide bonds. The second kappa shape index (κ2) is 5.23. The molecule has 2 nitrogen and oxygen atoms in total. The summed E-state index contributed by atoms with van der Waals surface area (Å²) < 4.78 is 7.19.